The van der Waals surface area contributed by atoms with Crippen molar-refractivity contribution in [2.45, 2.75) is 6.42 Å². The first-order chi connectivity index (χ1) is 4.95. The standard InChI is InChI=1S/C5H9BF3N2.K/c1-11(4-2-3-10)5-6(7,8)9;/h2,4-5H2,1H3;/q-1;+1. The minimum absolute atomic E-state index is 0. The molecule has 0 fully saturated rings. The van der Waals surface area contributed by atoms with Crippen molar-refractivity contribution in [2.24, 2.45) is 0 Å². The van der Waals surface area contributed by atoms with E-state index in [1.807, 2.05) is 0 Å². The molecule has 0 atom stereocenters. The molecule has 0 radical (unpaired) electrons. The summed E-state index contributed by atoms with van der Waals surface area (Å²) in [7, 11) is 1.35. The summed E-state index contributed by atoms with van der Waals surface area (Å²) in [4.78, 5) is 1.10. The van der Waals surface area contributed by atoms with Crippen molar-refractivity contribution in [3.05, 3.63) is 0 Å². The van der Waals surface area contributed by atoms with Crippen molar-refractivity contribution in [1.29, 1.82) is 5.26 Å². The zero-order chi connectivity index (χ0) is 8.91. The molecule has 12 heavy (non-hydrogen) atoms. The summed E-state index contributed by atoms with van der Waals surface area (Å²) in [5, 5.41) is 8.06. The van der Waals surface area contributed by atoms with Gasteiger partial charge in [-0.3, -0.25) is 0 Å². The molecule has 0 aromatic heterocycles. The fraction of sp³-hybridized carbons (Fsp3) is 0.800. The Balaban J connectivity index is 0. The van der Waals surface area contributed by atoms with E-state index >= 15 is 0 Å². The molecule has 0 saturated heterocycles. The van der Waals surface area contributed by atoms with Gasteiger partial charge in [0.15, 0.2) is 0 Å². The Morgan fingerprint density at radius 2 is 1.92 bits per heavy atom. The maximum atomic E-state index is 11.7. The van der Waals surface area contributed by atoms with Crippen LogP contribution in [0.2, 0.25) is 0 Å². The molecule has 0 heterocycles. The molecular weight excluding hydrogens is 195 g/mol. The first-order valence-corrected chi connectivity index (χ1v) is 3.22. The Morgan fingerprint density at radius 3 is 2.25 bits per heavy atom. The molecule has 2 nitrogen and oxygen atoms in total. The van der Waals surface area contributed by atoms with E-state index in [-0.39, 0.29) is 64.4 Å². The summed E-state index contributed by atoms with van der Waals surface area (Å²) >= 11 is 0. The fourth-order valence-corrected chi connectivity index (χ4v) is 0.686. The van der Waals surface area contributed by atoms with Crippen molar-refractivity contribution in [1.82, 2.24) is 4.90 Å². The molecule has 0 aromatic carbocycles. The van der Waals surface area contributed by atoms with Crippen LogP contribution in [0.3, 0.4) is 0 Å². The van der Waals surface area contributed by atoms with Gasteiger partial charge in [0.1, 0.15) is 0 Å². The Labute approximate surface area is 113 Å². The number of rotatable bonds is 4. The van der Waals surface area contributed by atoms with E-state index < -0.39 is 13.4 Å². The zero-order valence-corrected chi connectivity index (χ0v) is 10.4. The average Bonchev–Trinajstić information content (AvgIpc) is 1.79. The van der Waals surface area contributed by atoms with Gasteiger partial charge in [-0.15, -0.1) is 0 Å². The summed E-state index contributed by atoms with van der Waals surface area (Å²) in [6.45, 7) is -4.57. The van der Waals surface area contributed by atoms with Crippen LogP contribution in [0.25, 0.3) is 0 Å². The molecule has 0 rings (SSSR count). The Hall–Kier alpha value is 0.941. The Morgan fingerprint density at radius 1 is 1.42 bits per heavy atom. The van der Waals surface area contributed by atoms with Crippen LogP contribution in [0, 0.1) is 11.3 Å². The number of nitriles is 1. The second-order valence-electron chi connectivity index (χ2n) is 2.38. The van der Waals surface area contributed by atoms with E-state index in [1.54, 1.807) is 6.07 Å². The molecule has 7 heteroatoms. The van der Waals surface area contributed by atoms with E-state index in [1.165, 1.54) is 7.05 Å². The van der Waals surface area contributed by atoms with Gasteiger partial charge in [0.2, 0.25) is 0 Å². The summed E-state index contributed by atoms with van der Waals surface area (Å²) in [6.07, 6.45) is -0.746. The van der Waals surface area contributed by atoms with Gasteiger partial charge in [0.25, 0.3) is 0 Å². The van der Waals surface area contributed by atoms with E-state index in [9.17, 15) is 12.9 Å². The summed E-state index contributed by atoms with van der Waals surface area (Å²) in [6, 6.07) is 1.78. The summed E-state index contributed by atoms with van der Waals surface area (Å²) in [5.41, 5.74) is 0. The molecule has 0 bridgehead atoms. The van der Waals surface area contributed by atoms with Crippen LogP contribution in [0.4, 0.5) is 12.9 Å². The molecule has 64 valence electrons. The third-order valence-electron chi connectivity index (χ3n) is 1.12. The van der Waals surface area contributed by atoms with Crippen LogP contribution >= 0.6 is 0 Å². The predicted molar refractivity (Wildman–Crippen MR) is 36.8 cm³/mol. The number of nitrogens with zero attached hydrogens (tertiary/aromatic N) is 2. The topological polar surface area (TPSA) is 27.0 Å². The SMILES string of the molecule is CN(CCC#N)C[B-](F)(F)F.[K+]. The summed E-state index contributed by atoms with van der Waals surface area (Å²) < 4.78 is 35.0. The first-order valence-electron chi connectivity index (χ1n) is 3.22. The van der Waals surface area contributed by atoms with Gasteiger partial charge in [0, 0.05) is 13.0 Å². The maximum Gasteiger partial charge on any atom is 1.00 e. The predicted octanol–water partition coefficient (Wildman–Crippen LogP) is -1.78. The second-order valence-corrected chi connectivity index (χ2v) is 2.38. The zero-order valence-electron chi connectivity index (χ0n) is 7.23. The van der Waals surface area contributed by atoms with E-state index in [4.69, 9.17) is 5.26 Å². The monoisotopic (exact) mass is 204 g/mol. The van der Waals surface area contributed by atoms with Gasteiger partial charge < -0.3 is 17.8 Å². The van der Waals surface area contributed by atoms with Crippen LogP contribution in [-0.4, -0.2) is 31.9 Å². The normalized spacial score (nSPS) is 10.7. The molecule has 0 N–H and O–H groups in total. The van der Waals surface area contributed by atoms with Gasteiger partial charge in [-0.05, 0) is 13.5 Å². The number of halogens is 3. The molecule has 0 aliphatic carbocycles. The van der Waals surface area contributed by atoms with Crippen molar-refractivity contribution in [3.8, 4) is 6.07 Å². The van der Waals surface area contributed by atoms with Gasteiger partial charge in [-0.2, -0.15) is 5.26 Å². The molecule has 0 aliphatic heterocycles. The molecule has 0 unspecified atom stereocenters. The van der Waals surface area contributed by atoms with Crippen LogP contribution < -0.4 is 51.4 Å². The van der Waals surface area contributed by atoms with E-state index in [2.05, 4.69) is 0 Å². The molecule has 0 spiro atoms. The minimum Gasteiger partial charge on any atom is -0.448 e. The Bertz CT molecular complexity index is 156. The van der Waals surface area contributed by atoms with Gasteiger partial charge in [-0.25, -0.2) is 0 Å². The minimum atomic E-state index is -4.74. The largest absolute Gasteiger partial charge is 1.00 e. The smallest absolute Gasteiger partial charge is 0.448 e. The number of hydrogen-bond donors (Lipinski definition) is 0. The quantitative estimate of drug-likeness (QED) is 0.506. The molecular formula is C5H9BF3KN2. The first kappa shape index (κ1) is 15.4. The third-order valence-corrected chi connectivity index (χ3v) is 1.12. The van der Waals surface area contributed by atoms with Crippen molar-refractivity contribution >= 4 is 6.98 Å². The maximum absolute atomic E-state index is 11.7. The molecule has 0 aliphatic rings. The van der Waals surface area contributed by atoms with Gasteiger partial charge in [-0.1, -0.05) is 0 Å². The summed E-state index contributed by atoms with van der Waals surface area (Å²) in [5.74, 6) is 0. The van der Waals surface area contributed by atoms with Crippen LogP contribution in [0.5, 0.6) is 0 Å². The average molecular weight is 204 g/mol. The van der Waals surface area contributed by atoms with E-state index in [0.29, 0.717) is 0 Å². The van der Waals surface area contributed by atoms with Gasteiger partial charge in [0.05, 0.1) is 6.07 Å². The van der Waals surface area contributed by atoms with Crippen LogP contribution in [-0.2, 0) is 0 Å². The Kier molecular flexibility index (Phi) is 9.45. The van der Waals surface area contributed by atoms with Crippen LogP contribution in [0.15, 0.2) is 0 Å². The third kappa shape index (κ3) is 10.9. The number of hydrogen-bond acceptors (Lipinski definition) is 2. The fourth-order valence-electron chi connectivity index (χ4n) is 0.686. The molecule has 0 aromatic rings. The van der Waals surface area contributed by atoms with Crippen LogP contribution in [0.1, 0.15) is 6.42 Å². The molecule has 0 saturated carbocycles. The van der Waals surface area contributed by atoms with Crippen molar-refractivity contribution in [2.75, 3.05) is 20.0 Å². The molecule has 0 amide bonds. The van der Waals surface area contributed by atoms with Gasteiger partial charge >= 0.3 is 58.4 Å². The van der Waals surface area contributed by atoms with Crippen molar-refractivity contribution in [3.63, 3.8) is 0 Å². The second kappa shape index (κ2) is 7.36. The van der Waals surface area contributed by atoms with Crippen molar-refractivity contribution < 1.29 is 64.3 Å². The van der Waals surface area contributed by atoms with E-state index in [0.717, 1.165) is 4.90 Å².